The lowest BCUT2D eigenvalue weighted by Gasteiger charge is -2.29. The largest absolute Gasteiger partial charge is 0.396 e. The Bertz CT molecular complexity index is 838. The van der Waals surface area contributed by atoms with Crippen molar-refractivity contribution in [3.05, 3.63) is 24.0 Å². The second kappa shape index (κ2) is 9.28. The summed E-state index contributed by atoms with van der Waals surface area (Å²) >= 11 is 0. The Kier molecular flexibility index (Phi) is 6.97. The fraction of sp³-hybridized carbons (Fsp3) is 0.619. The predicted octanol–water partition coefficient (Wildman–Crippen LogP) is 3.41. The van der Waals surface area contributed by atoms with E-state index in [1.165, 1.54) is 0 Å². The van der Waals surface area contributed by atoms with Gasteiger partial charge in [-0.15, -0.1) is 0 Å². The van der Waals surface area contributed by atoms with Gasteiger partial charge in [0.05, 0.1) is 11.3 Å². The number of nitrogens with two attached hydrogens (primary N) is 1. The molecule has 0 aliphatic heterocycles. The molecule has 1 saturated carbocycles. The summed E-state index contributed by atoms with van der Waals surface area (Å²) in [5.74, 6) is -0.0967. The maximum atomic E-state index is 12.0. The summed E-state index contributed by atoms with van der Waals surface area (Å²) < 4.78 is 7.85. The first kappa shape index (κ1) is 21.8. The van der Waals surface area contributed by atoms with Crippen LogP contribution in [0, 0.1) is 5.92 Å². The number of carbonyl (C=O) groups is 1. The van der Waals surface area contributed by atoms with Crippen molar-refractivity contribution in [2.24, 2.45) is 11.7 Å². The van der Waals surface area contributed by atoms with Crippen molar-refractivity contribution >= 4 is 30.7 Å². The highest BCUT2D eigenvalue weighted by Crippen LogP contribution is 2.31. The number of amides is 1. The Balaban J connectivity index is 1.77. The molecule has 1 amide bonds. The van der Waals surface area contributed by atoms with E-state index in [1.807, 2.05) is 16.8 Å². The number of aliphatic hydroxyl groups is 1. The van der Waals surface area contributed by atoms with E-state index in [0.29, 0.717) is 18.2 Å². The number of nitrogens with zero attached hydrogens (tertiary/aromatic N) is 2. The van der Waals surface area contributed by atoms with Crippen LogP contribution in [0.4, 0.5) is 5.69 Å². The van der Waals surface area contributed by atoms with E-state index in [1.54, 1.807) is 6.20 Å². The van der Waals surface area contributed by atoms with Crippen LogP contribution in [0.2, 0.25) is 25.7 Å². The van der Waals surface area contributed by atoms with Gasteiger partial charge in [0.2, 0.25) is 0 Å². The van der Waals surface area contributed by atoms with Crippen LogP contribution in [0.3, 0.4) is 0 Å². The van der Waals surface area contributed by atoms with E-state index in [2.05, 4.69) is 29.9 Å². The predicted molar refractivity (Wildman–Crippen MR) is 119 cm³/mol. The number of aliphatic hydroxyl groups excluding tert-OH is 1. The third kappa shape index (κ3) is 5.58. The van der Waals surface area contributed by atoms with Gasteiger partial charge in [-0.2, -0.15) is 0 Å². The third-order valence-electron chi connectivity index (χ3n) is 5.73. The van der Waals surface area contributed by atoms with E-state index in [-0.39, 0.29) is 12.6 Å². The molecule has 3 rings (SSSR count). The second-order valence-electron chi connectivity index (χ2n) is 9.33. The average molecular weight is 419 g/mol. The highest BCUT2D eigenvalue weighted by atomic mass is 28.3. The van der Waals surface area contributed by atoms with Gasteiger partial charge in [0.25, 0.3) is 5.91 Å². The molecule has 1 aliphatic carbocycles. The zero-order valence-corrected chi connectivity index (χ0v) is 18.8. The molecule has 8 heteroatoms. The second-order valence-corrected chi connectivity index (χ2v) is 14.9. The van der Waals surface area contributed by atoms with Crippen LogP contribution in [-0.4, -0.2) is 47.9 Å². The topological polar surface area (TPSA) is 102 Å². The third-order valence-corrected chi connectivity index (χ3v) is 7.44. The minimum absolute atomic E-state index is 0.249. The number of pyridine rings is 1. The molecule has 4 N–H and O–H groups in total. The summed E-state index contributed by atoms with van der Waals surface area (Å²) in [6.45, 7) is 8.44. The SMILES string of the molecule is C[Si](C)(C)CCOCn1ccc2c(N[C@H]3CC[C@H](CO)CC3)c(C(N)=O)cnc21. The van der Waals surface area contributed by atoms with Gasteiger partial charge in [-0.05, 0) is 43.7 Å². The Morgan fingerprint density at radius 1 is 1.34 bits per heavy atom. The van der Waals surface area contributed by atoms with Crippen molar-refractivity contribution in [2.45, 2.75) is 64.1 Å². The van der Waals surface area contributed by atoms with E-state index in [4.69, 9.17) is 10.5 Å². The maximum Gasteiger partial charge on any atom is 0.252 e. The first-order valence-corrected chi connectivity index (χ1v) is 14.2. The van der Waals surface area contributed by atoms with Gasteiger partial charge in [0, 0.05) is 45.1 Å². The number of rotatable bonds is 9. The van der Waals surface area contributed by atoms with E-state index in [9.17, 15) is 9.90 Å². The van der Waals surface area contributed by atoms with Gasteiger partial charge >= 0.3 is 0 Å². The van der Waals surface area contributed by atoms with E-state index in [0.717, 1.165) is 55.1 Å². The molecule has 0 aromatic carbocycles. The minimum Gasteiger partial charge on any atom is -0.396 e. The van der Waals surface area contributed by atoms with Crippen LogP contribution >= 0.6 is 0 Å². The van der Waals surface area contributed by atoms with Crippen LogP contribution in [0.15, 0.2) is 18.5 Å². The number of carbonyl (C=O) groups excluding carboxylic acids is 1. The van der Waals surface area contributed by atoms with Crippen LogP contribution in [0.5, 0.6) is 0 Å². The molecule has 29 heavy (non-hydrogen) atoms. The summed E-state index contributed by atoms with van der Waals surface area (Å²) in [5.41, 5.74) is 7.58. The number of nitrogens with one attached hydrogen (secondary N) is 1. The lowest BCUT2D eigenvalue weighted by molar-refractivity contribution is 0.0899. The quantitative estimate of drug-likeness (QED) is 0.428. The first-order valence-electron chi connectivity index (χ1n) is 10.5. The number of ether oxygens (including phenoxy) is 1. The van der Waals surface area contributed by atoms with Crippen molar-refractivity contribution in [1.82, 2.24) is 9.55 Å². The molecule has 0 saturated heterocycles. The molecule has 2 aromatic rings. The van der Waals surface area contributed by atoms with Crippen molar-refractivity contribution in [3.8, 4) is 0 Å². The Morgan fingerprint density at radius 3 is 2.69 bits per heavy atom. The van der Waals surface area contributed by atoms with Crippen LogP contribution in [0.25, 0.3) is 11.0 Å². The monoisotopic (exact) mass is 418 g/mol. The highest BCUT2D eigenvalue weighted by Gasteiger charge is 2.23. The number of aromatic nitrogens is 2. The minimum atomic E-state index is -1.12. The first-order chi connectivity index (χ1) is 13.8. The zero-order chi connectivity index (χ0) is 21.0. The normalized spacial score (nSPS) is 20.1. The molecule has 0 radical (unpaired) electrons. The molecule has 0 atom stereocenters. The number of hydrogen-bond donors (Lipinski definition) is 3. The van der Waals surface area contributed by atoms with Crippen LogP contribution in [-0.2, 0) is 11.5 Å². The number of hydrogen-bond acceptors (Lipinski definition) is 5. The summed E-state index contributed by atoms with van der Waals surface area (Å²) in [6.07, 6.45) is 7.41. The van der Waals surface area contributed by atoms with Crippen molar-refractivity contribution in [2.75, 3.05) is 18.5 Å². The molecule has 0 bridgehead atoms. The Hall–Kier alpha value is -1.90. The van der Waals surface area contributed by atoms with Gasteiger partial charge < -0.3 is 25.5 Å². The highest BCUT2D eigenvalue weighted by molar-refractivity contribution is 6.76. The summed E-state index contributed by atoms with van der Waals surface area (Å²) in [4.78, 5) is 16.5. The molecule has 0 spiro atoms. The van der Waals surface area contributed by atoms with Gasteiger partial charge in [-0.25, -0.2) is 4.98 Å². The summed E-state index contributed by atoms with van der Waals surface area (Å²) in [7, 11) is -1.12. The van der Waals surface area contributed by atoms with E-state index < -0.39 is 14.0 Å². The molecule has 7 nitrogen and oxygen atoms in total. The van der Waals surface area contributed by atoms with Gasteiger partial charge in [0.1, 0.15) is 12.4 Å². The van der Waals surface area contributed by atoms with Gasteiger partial charge in [-0.1, -0.05) is 19.6 Å². The fourth-order valence-electron chi connectivity index (χ4n) is 3.82. The Labute approximate surface area is 173 Å². The van der Waals surface area contributed by atoms with Crippen LogP contribution < -0.4 is 11.1 Å². The molecule has 2 heterocycles. The molecule has 0 unspecified atom stereocenters. The lowest BCUT2D eigenvalue weighted by atomic mass is 9.86. The Morgan fingerprint density at radius 2 is 2.07 bits per heavy atom. The van der Waals surface area contributed by atoms with Crippen molar-refractivity contribution < 1.29 is 14.6 Å². The standard InChI is InChI=1S/C21H34N4O3Si/c1-29(2,3)11-10-28-14-25-9-8-17-19(18(20(22)27)12-23-21(17)25)24-16-6-4-15(13-26)5-7-16/h8-9,12,15-16,26H,4-7,10-11,13-14H2,1-3H3,(H2,22,27)(H,23,24)/t15-,16-. The number of anilines is 1. The molecule has 1 fully saturated rings. The van der Waals surface area contributed by atoms with Crippen molar-refractivity contribution in [1.29, 1.82) is 0 Å². The fourth-order valence-corrected chi connectivity index (χ4v) is 4.58. The molecule has 1 aliphatic rings. The van der Waals surface area contributed by atoms with Gasteiger partial charge in [0.15, 0.2) is 0 Å². The average Bonchev–Trinajstić information content (AvgIpc) is 3.08. The van der Waals surface area contributed by atoms with Crippen molar-refractivity contribution in [3.63, 3.8) is 0 Å². The summed E-state index contributed by atoms with van der Waals surface area (Å²) in [5, 5.41) is 13.8. The van der Waals surface area contributed by atoms with Crippen LogP contribution in [0.1, 0.15) is 36.0 Å². The maximum absolute atomic E-state index is 12.0. The lowest BCUT2D eigenvalue weighted by Crippen LogP contribution is -2.28. The zero-order valence-electron chi connectivity index (χ0n) is 17.8. The van der Waals surface area contributed by atoms with E-state index >= 15 is 0 Å². The molecular formula is C21H34N4O3Si. The van der Waals surface area contributed by atoms with Gasteiger partial charge in [-0.3, -0.25) is 4.79 Å². The smallest absolute Gasteiger partial charge is 0.252 e. The molecule has 160 valence electrons. The number of primary amides is 1. The summed E-state index contributed by atoms with van der Waals surface area (Å²) in [6, 6.07) is 3.35. The molecule has 2 aromatic heterocycles. The number of fused-ring (bicyclic) bond motifs is 1. The molecular weight excluding hydrogens is 384 g/mol.